The van der Waals surface area contributed by atoms with Gasteiger partial charge in [-0.3, -0.25) is 4.79 Å². The minimum Gasteiger partial charge on any atom is -0.479 e. The first-order valence-corrected chi connectivity index (χ1v) is 3.75. The molecule has 0 saturated carbocycles. The Bertz CT molecular complexity index is 204. The summed E-state index contributed by atoms with van der Waals surface area (Å²) in [6, 6.07) is 0. The van der Waals surface area contributed by atoms with Crippen molar-refractivity contribution < 1.29 is 19.4 Å². The summed E-state index contributed by atoms with van der Waals surface area (Å²) in [6.07, 6.45) is -0.507. The van der Waals surface area contributed by atoms with Gasteiger partial charge in [-0.25, -0.2) is 4.79 Å². The van der Waals surface area contributed by atoms with Crippen LogP contribution in [0.15, 0.2) is 0 Å². The van der Waals surface area contributed by atoms with Crippen molar-refractivity contribution in [3.8, 4) is 0 Å². The van der Waals surface area contributed by atoms with Crippen molar-refractivity contribution in [3.63, 3.8) is 0 Å². The van der Waals surface area contributed by atoms with Gasteiger partial charge in [0.25, 0.3) is 0 Å². The standard InChI is InChI=1S/C7H11NO4/c1-8-6(9)4-2-3-5(12-4)7(10)11/h4-5H,2-3H2,1H3,(H,8,9)(H,10,11)/t4-,5+/m0/s1. The monoisotopic (exact) mass is 173 g/mol. The van der Waals surface area contributed by atoms with E-state index in [4.69, 9.17) is 9.84 Å². The molecule has 1 aliphatic rings. The van der Waals surface area contributed by atoms with Crippen LogP contribution in [0.5, 0.6) is 0 Å². The summed E-state index contributed by atoms with van der Waals surface area (Å²) >= 11 is 0. The van der Waals surface area contributed by atoms with E-state index in [0.29, 0.717) is 12.8 Å². The number of nitrogens with one attached hydrogen (secondary N) is 1. The Morgan fingerprint density at radius 3 is 2.42 bits per heavy atom. The van der Waals surface area contributed by atoms with Crippen molar-refractivity contribution in [1.82, 2.24) is 5.32 Å². The second-order valence-electron chi connectivity index (χ2n) is 2.64. The van der Waals surface area contributed by atoms with Crippen molar-refractivity contribution in [2.75, 3.05) is 7.05 Å². The predicted octanol–water partition coefficient (Wildman–Crippen LogP) is -0.635. The average molecular weight is 173 g/mol. The molecule has 2 atom stereocenters. The fourth-order valence-electron chi connectivity index (χ4n) is 1.17. The van der Waals surface area contributed by atoms with Crippen LogP contribution >= 0.6 is 0 Å². The third kappa shape index (κ3) is 1.73. The van der Waals surface area contributed by atoms with Crippen LogP contribution < -0.4 is 5.32 Å². The van der Waals surface area contributed by atoms with Crippen molar-refractivity contribution in [3.05, 3.63) is 0 Å². The summed E-state index contributed by atoms with van der Waals surface area (Å²) in [7, 11) is 1.50. The number of ether oxygens (including phenoxy) is 1. The van der Waals surface area contributed by atoms with Crippen molar-refractivity contribution in [2.45, 2.75) is 25.0 Å². The third-order valence-electron chi connectivity index (χ3n) is 1.83. The third-order valence-corrected chi connectivity index (χ3v) is 1.83. The lowest BCUT2D eigenvalue weighted by atomic mass is 10.2. The van der Waals surface area contributed by atoms with Gasteiger partial charge in [-0.15, -0.1) is 0 Å². The van der Waals surface area contributed by atoms with Gasteiger partial charge in [0.15, 0.2) is 6.10 Å². The van der Waals surface area contributed by atoms with Crippen molar-refractivity contribution >= 4 is 11.9 Å². The van der Waals surface area contributed by atoms with Gasteiger partial charge >= 0.3 is 5.97 Å². The molecule has 12 heavy (non-hydrogen) atoms. The summed E-state index contributed by atoms with van der Waals surface area (Å²) in [5, 5.41) is 10.9. The minimum absolute atomic E-state index is 0.251. The lowest BCUT2D eigenvalue weighted by molar-refractivity contribution is -0.151. The second kappa shape index (κ2) is 3.53. The number of carboxylic acid groups (broad SMARTS) is 1. The Labute approximate surface area is 69.7 Å². The van der Waals surface area contributed by atoms with Gasteiger partial charge in [0, 0.05) is 7.05 Å². The first-order valence-electron chi connectivity index (χ1n) is 3.75. The smallest absolute Gasteiger partial charge is 0.332 e. The zero-order valence-electron chi connectivity index (χ0n) is 6.74. The molecule has 1 heterocycles. The average Bonchev–Trinajstić information content (AvgIpc) is 2.51. The molecule has 1 saturated heterocycles. The van der Waals surface area contributed by atoms with Crippen LogP contribution in [0.3, 0.4) is 0 Å². The highest BCUT2D eigenvalue weighted by Crippen LogP contribution is 2.19. The Kier molecular flexibility index (Phi) is 2.65. The van der Waals surface area contributed by atoms with Gasteiger partial charge in [-0.05, 0) is 12.8 Å². The van der Waals surface area contributed by atoms with E-state index in [2.05, 4.69) is 5.32 Å². The topological polar surface area (TPSA) is 75.6 Å². The molecule has 1 fully saturated rings. The Morgan fingerprint density at radius 1 is 1.42 bits per heavy atom. The lowest BCUT2D eigenvalue weighted by Crippen LogP contribution is -2.33. The maximum absolute atomic E-state index is 11.0. The maximum Gasteiger partial charge on any atom is 0.332 e. The minimum atomic E-state index is -0.999. The summed E-state index contributed by atoms with van der Waals surface area (Å²) in [5.41, 5.74) is 0. The number of hydrogen-bond acceptors (Lipinski definition) is 3. The summed E-state index contributed by atoms with van der Waals surface area (Å²) in [6.45, 7) is 0. The van der Waals surface area contributed by atoms with Gasteiger partial charge < -0.3 is 15.2 Å². The number of likely N-dealkylation sites (N-methyl/N-ethyl adjacent to an activating group) is 1. The first-order chi connectivity index (χ1) is 5.65. The highest BCUT2D eigenvalue weighted by molar-refractivity contribution is 5.82. The summed E-state index contributed by atoms with van der Waals surface area (Å²) < 4.78 is 4.96. The van der Waals surface area contributed by atoms with Crippen LogP contribution in [0.1, 0.15) is 12.8 Å². The van der Waals surface area contributed by atoms with E-state index in [9.17, 15) is 9.59 Å². The number of rotatable bonds is 2. The fourth-order valence-corrected chi connectivity index (χ4v) is 1.17. The van der Waals surface area contributed by atoms with E-state index in [-0.39, 0.29) is 5.91 Å². The normalized spacial score (nSPS) is 28.4. The molecule has 68 valence electrons. The second-order valence-corrected chi connectivity index (χ2v) is 2.64. The lowest BCUT2D eigenvalue weighted by Gasteiger charge is -2.08. The van der Waals surface area contributed by atoms with Gasteiger partial charge in [0.05, 0.1) is 0 Å². The van der Waals surface area contributed by atoms with Crippen LogP contribution in [0.4, 0.5) is 0 Å². The van der Waals surface area contributed by atoms with E-state index in [1.165, 1.54) is 7.05 Å². The highest BCUT2D eigenvalue weighted by Gasteiger charge is 2.33. The quantitative estimate of drug-likeness (QED) is 0.582. The first kappa shape index (κ1) is 8.99. The van der Waals surface area contributed by atoms with Crippen LogP contribution in [0.2, 0.25) is 0 Å². The van der Waals surface area contributed by atoms with Crippen molar-refractivity contribution in [2.24, 2.45) is 0 Å². The Morgan fingerprint density at radius 2 is 2.00 bits per heavy atom. The fraction of sp³-hybridized carbons (Fsp3) is 0.714. The molecular weight excluding hydrogens is 162 g/mol. The molecule has 0 radical (unpaired) electrons. The van der Waals surface area contributed by atoms with Crippen LogP contribution in [0.25, 0.3) is 0 Å². The number of carbonyl (C=O) groups excluding carboxylic acids is 1. The van der Waals surface area contributed by atoms with E-state index < -0.39 is 18.2 Å². The summed E-state index contributed by atoms with van der Waals surface area (Å²) in [4.78, 5) is 21.4. The molecule has 5 nitrogen and oxygen atoms in total. The molecule has 1 amide bonds. The molecule has 0 bridgehead atoms. The molecule has 1 aliphatic heterocycles. The molecule has 2 N–H and O–H groups in total. The van der Waals surface area contributed by atoms with Gasteiger partial charge in [0.2, 0.25) is 5.91 Å². The van der Waals surface area contributed by atoms with E-state index in [1.807, 2.05) is 0 Å². The Hall–Kier alpha value is -1.10. The molecule has 0 spiro atoms. The number of carbonyl (C=O) groups is 2. The molecule has 5 heteroatoms. The van der Waals surface area contributed by atoms with E-state index in [0.717, 1.165) is 0 Å². The van der Waals surface area contributed by atoms with Gasteiger partial charge in [0.1, 0.15) is 6.10 Å². The van der Waals surface area contributed by atoms with Crippen LogP contribution in [-0.4, -0.2) is 36.2 Å². The molecule has 0 aromatic carbocycles. The highest BCUT2D eigenvalue weighted by atomic mass is 16.5. The maximum atomic E-state index is 11.0. The molecule has 0 aliphatic carbocycles. The number of amides is 1. The zero-order chi connectivity index (χ0) is 9.14. The van der Waals surface area contributed by atoms with Crippen LogP contribution in [-0.2, 0) is 14.3 Å². The van der Waals surface area contributed by atoms with Gasteiger partial charge in [-0.2, -0.15) is 0 Å². The van der Waals surface area contributed by atoms with Crippen molar-refractivity contribution in [1.29, 1.82) is 0 Å². The number of carboxylic acids is 1. The van der Waals surface area contributed by atoms with Gasteiger partial charge in [-0.1, -0.05) is 0 Å². The van der Waals surface area contributed by atoms with E-state index in [1.54, 1.807) is 0 Å². The molecule has 1 rings (SSSR count). The number of hydrogen-bond donors (Lipinski definition) is 2. The largest absolute Gasteiger partial charge is 0.479 e. The SMILES string of the molecule is CNC(=O)[C@@H]1CC[C@H](C(=O)O)O1. The molecular formula is C7H11NO4. The zero-order valence-corrected chi connectivity index (χ0v) is 6.74. The molecule has 0 aromatic rings. The molecule has 0 unspecified atom stereocenters. The van der Waals surface area contributed by atoms with Crippen LogP contribution in [0, 0.1) is 0 Å². The van der Waals surface area contributed by atoms with E-state index >= 15 is 0 Å². The predicted molar refractivity (Wildman–Crippen MR) is 39.6 cm³/mol. The molecule has 0 aromatic heterocycles. The Balaban J connectivity index is 2.45. The number of aliphatic carboxylic acids is 1. The summed E-state index contributed by atoms with van der Waals surface area (Å²) in [5.74, 6) is -1.25.